The quantitative estimate of drug-likeness (QED) is 0.386. The highest BCUT2D eigenvalue weighted by atomic mass is 79.9. The molecule has 0 saturated heterocycles. The predicted molar refractivity (Wildman–Crippen MR) is 83.2 cm³/mol. The van der Waals surface area contributed by atoms with Gasteiger partial charge in [-0.25, -0.2) is 5.48 Å². The van der Waals surface area contributed by atoms with E-state index < -0.39 is 5.91 Å². The first-order valence-electron chi connectivity index (χ1n) is 6.12. The summed E-state index contributed by atoms with van der Waals surface area (Å²) in [4.78, 5) is 23.2. The largest absolute Gasteiger partial charge is 0.289 e. The second-order valence-electron chi connectivity index (χ2n) is 4.27. The Morgan fingerprint density at radius 3 is 2.10 bits per heavy atom. The molecule has 0 aromatic heterocycles. The number of ketones is 1. The third-order valence-corrected chi connectivity index (χ3v) is 3.36. The van der Waals surface area contributed by atoms with Gasteiger partial charge in [0.1, 0.15) is 0 Å². The highest BCUT2D eigenvalue weighted by Gasteiger charge is 2.06. The molecule has 2 aromatic rings. The Morgan fingerprint density at radius 2 is 1.52 bits per heavy atom. The smallest absolute Gasteiger partial charge is 0.274 e. The van der Waals surface area contributed by atoms with E-state index in [1.54, 1.807) is 18.2 Å². The van der Waals surface area contributed by atoms with Gasteiger partial charge in [0.05, 0.1) is 0 Å². The van der Waals surface area contributed by atoms with Crippen LogP contribution in [0.4, 0.5) is 0 Å². The van der Waals surface area contributed by atoms with Crippen molar-refractivity contribution in [2.45, 2.75) is 0 Å². The van der Waals surface area contributed by atoms with E-state index in [1.165, 1.54) is 23.7 Å². The number of nitrogens with one attached hydrogen (secondary N) is 1. The van der Waals surface area contributed by atoms with Crippen LogP contribution in [-0.2, 0) is 0 Å². The molecular weight excluding hydrogens is 334 g/mol. The molecule has 1 amide bonds. The molecule has 106 valence electrons. The Hall–Kier alpha value is -2.24. The highest BCUT2D eigenvalue weighted by molar-refractivity contribution is 9.10. The van der Waals surface area contributed by atoms with Crippen LogP contribution in [0.15, 0.2) is 59.1 Å². The lowest BCUT2D eigenvalue weighted by Gasteiger charge is -2.00. The summed E-state index contributed by atoms with van der Waals surface area (Å²) in [5.41, 5.74) is 3.21. The number of halogens is 1. The van der Waals surface area contributed by atoms with Gasteiger partial charge < -0.3 is 0 Å². The van der Waals surface area contributed by atoms with E-state index in [0.29, 0.717) is 5.56 Å². The van der Waals surface area contributed by atoms with E-state index in [1.807, 2.05) is 24.3 Å². The van der Waals surface area contributed by atoms with Crippen LogP contribution in [0.25, 0.3) is 6.08 Å². The molecule has 0 radical (unpaired) electrons. The molecule has 2 rings (SSSR count). The van der Waals surface area contributed by atoms with E-state index in [2.05, 4.69) is 15.9 Å². The SMILES string of the molecule is O=C(C=Cc1ccc(Br)cc1)c1ccc(C(=O)NO)cc1. The fraction of sp³-hybridized carbons (Fsp3) is 0. The zero-order valence-corrected chi connectivity index (χ0v) is 12.5. The van der Waals surface area contributed by atoms with Crippen molar-refractivity contribution in [1.29, 1.82) is 0 Å². The van der Waals surface area contributed by atoms with Crippen LogP contribution in [0.1, 0.15) is 26.3 Å². The summed E-state index contributed by atoms with van der Waals surface area (Å²) in [6, 6.07) is 13.6. The number of rotatable bonds is 4. The minimum Gasteiger partial charge on any atom is -0.289 e. The van der Waals surface area contributed by atoms with E-state index in [4.69, 9.17) is 5.21 Å². The lowest BCUT2D eigenvalue weighted by molar-refractivity contribution is 0.0706. The van der Waals surface area contributed by atoms with Gasteiger partial charge in [0.2, 0.25) is 0 Å². The van der Waals surface area contributed by atoms with Crippen molar-refractivity contribution in [1.82, 2.24) is 5.48 Å². The second-order valence-corrected chi connectivity index (χ2v) is 5.18. The van der Waals surface area contributed by atoms with Gasteiger partial charge in [-0.05, 0) is 35.9 Å². The zero-order valence-electron chi connectivity index (χ0n) is 10.9. The van der Waals surface area contributed by atoms with Crippen LogP contribution in [0.5, 0.6) is 0 Å². The summed E-state index contributed by atoms with van der Waals surface area (Å²) in [5, 5.41) is 8.52. The molecule has 0 unspecified atom stereocenters. The molecule has 0 aliphatic heterocycles. The van der Waals surface area contributed by atoms with Gasteiger partial charge in [0.15, 0.2) is 5.78 Å². The topological polar surface area (TPSA) is 66.4 Å². The van der Waals surface area contributed by atoms with Crippen molar-refractivity contribution in [3.05, 3.63) is 75.8 Å². The number of hydrogen-bond acceptors (Lipinski definition) is 3. The molecule has 0 atom stereocenters. The lowest BCUT2D eigenvalue weighted by Crippen LogP contribution is -2.18. The number of allylic oxidation sites excluding steroid dienone is 1. The monoisotopic (exact) mass is 345 g/mol. The fourth-order valence-corrected chi connectivity index (χ4v) is 1.96. The predicted octanol–water partition coefficient (Wildman–Crippen LogP) is 3.46. The minimum atomic E-state index is -0.612. The number of carbonyl (C=O) groups excluding carboxylic acids is 2. The van der Waals surface area contributed by atoms with Crippen LogP contribution in [0, 0.1) is 0 Å². The number of hydroxylamine groups is 1. The van der Waals surface area contributed by atoms with Gasteiger partial charge in [-0.3, -0.25) is 14.8 Å². The summed E-state index contributed by atoms with van der Waals surface area (Å²) in [7, 11) is 0. The van der Waals surface area contributed by atoms with Crippen LogP contribution in [-0.4, -0.2) is 16.9 Å². The third kappa shape index (κ3) is 4.11. The first-order chi connectivity index (χ1) is 10.1. The van der Waals surface area contributed by atoms with Crippen molar-refractivity contribution in [2.24, 2.45) is 0 Å². The van der Waals surface area contributed by atoms with Crippen molar-refractivity contribution in [3.63, 3.8) is 0 Å². The first kappa shape index (κ1) is 15.2. The Kier molecular flexibility index (Phi) is 5.03. The molecule has 0 bridgehead atoms. The lowest BCUT2D eigenvalue weighted by atomic mass is 10.1. The van der Waals surface area contributed by atoms with Crippen LogP contribution in [0.2, 0.25) is 0 Å². The Labute approximate surface area is 130 Å². The maximum absolute atomic E-state index is 12.0. The molecule has 21 heavy (non-hydrogen) atoms. The van der Waals surface area contributed by atoms with Gasteiger partial charge in [-0.2, -0.15) is 0 Å². The van der Waals surface area contributed by atoms with Gasteiger partial charge in [0.25, 0.3) is 5.91 Å². The van der Waals surface area contributed by atoms with Crippen molar-refractivity contribution in [3.8, 4) is 0 Å². The molecular formula is C16H12BrNO3. The van der Waals surface area contributed by atoms with E-state index in [9.17, 15) is 9.59 Å². The molecule has 0 aliphatic rings. The summed E-state index contributed by atoms with van der Waals surface area (Å²) < 4.78 is 0.976. The van der Waals surface area contributed by atoms with Gasteiger partial charge >= 0.3 is 0 Å². The molecule has 2 aromatic carbocycles. The Morgan fingerprint density at radius 1 is 0.952 bits per heavy atom. The molecule has 0 aliphatic carbocycles. The molecule has 4 nitrogen and oxygen atoms in total. The molecule has 0 heterocycles. The Bertz CT molecular complexity index is 676. The average Bonchev–Trinajstić information content (AvgIpc) is 2.53. The maximum atomic E-state index is 12.0. The summed E-state index contributed by atoms with van der Waals surface area (Å²) in [5.74, 6) is -0.770. The van der Waals surface area contributed by atoms with Crippen molar-refractivity contribution >= 4 is 33.7 Å². The first-order valence-corrected chi connectivity index (χ1v) is 6.92. The standard InChI is InChI=1S/C16H12BrNO3/c17-14-8-1-11(2-9-14)3-10-15(19)12-4-6-13(7-5-12)16(20)18-21/h1-10,21H,(H,18,20). The van der Waals surface area contributed by atoms with Gasteiger partial charge in [-0.15, -0.1) is 0 Å². The van der Waals surface area contributed by atoms with Gasteiger partial charge in [-0.1, -0.05) is 46.3 Å². The number of hydrogen-bond donors (Lipinski definition) is 2. The summed E-state index contributed by atoms with van der Waals surface area (Å²) >= 11 is 3.35. The van der Waals surface area contributed by atoms with Crippen LogP contribution in [0.3, 0.4) is 0 Å². The normalized spacial score (nSPS) is 10.6. The summed E-state index contributed by atoms with van der Waals surface area (Å²) in [6.45, 7) is 0. The van der Waals surface area contributed by atoms with Crippen LogP contribution >= 0.6 is 15.9 Å². The second kappa shape index (κ2) is 6.97. The molecule has 0 spiro atoms. The summed E-state index contributed by atoms with van der Waals surface area (Å²) in [6.07, 6.45) is 3.20. The van der Waals surface area contributed by atoms with Crippen molar-refractivity contribution < 1.29 is 14.8 Å². The average molecular weight is 346 g/mol. The van der Waals surface area contributed by atoms with Crippen molar-refractivity contribution in [2.75, 3.05) is 0 Å². The number of benzene rings is 2. The number of carbonyl (C=O) groups is 2. The van der Waals surface area contributed by atoms with Gasteiger partial charge in [0, 0.05) is 15.6 Å². The maximum Gasteiger partial charge on any atom is 0.274 e. The van der Waals surface area contributed by atoms with E-state index >= 15 is 0 Å². The molecule has 5 heteroatoms. The molecule has 0 fully saturated rings. The minimum absolute atomic E-state index is 0.158. The highest BCUT2D eigenvalue weighted by Crippen LogP contribution is 2.12. The van der Waals surface area contributed by atoms with E-state index in [-0.39, 0.29) is 11.3 Å². The van der Waals surface area contributed by atoms with Crippen LogP contribution < -0.4 is 5.48 Å². The zero-order chi connectivity index (χ0) is 15.2. The fourth-order valence-electron chi connectivity index (χ4n) is 1.69. The third-order valence-electron chi connectivity index (χ3n) is 2.83. The molecule has 2 N–H and O–H groups in total. The van der Waals surface area contributed by atoms with E-state index in [0.717, 1.165) is 10.0 Å². The molecule has 0 saturated carbocycles. The number of amides is 1. The Balaban J connectivity index is 2.09.